The van der Waals surface area contributed by atoms with Crippen LogP contribution in [0.25, 0.3) is 32.9 Å². The molecule has 2 atom stereocenters. The van der Waals surface area contributed by atoms with Gasteiger partial charge in [0.1, 0.15) is 5.58 Å². The molecule has 136 valence electrons. The van der Waals surface area contributed by atoms with Gasteiger partial charge in [-0.1, -0.05) is 49.4 Å². The van der Waals surface area contributed by atoms with E-state index < -0.39 is 0 Å². The van der Waals surface area contributed by atoms with Crippen LogP contribution in [0.3, 0.4) is 0 Å². The van der Waals surface area contributed by atoms with Crippen LogP contribution >= 0.6 is 18.5 Å². The first kappa shape index (κ1) is 18.4. The fraction of sp³-hybridized carbons (Fsp3) is 0.174. The Balaban J connectivity index is 1.90. The molecule has 1 heterocycles. The summed E-state index contributed by atoms with van der Waals surface area (Å²) in [6, 6.07) is 18.7. The van der Waals surface area contributed by atoms with Crippen LogP contribution in [0.4, 0.5) is 0 Å². The molecule has 1 aromatic heterocycles. The van der Waals surface area contributed by atoms with E-state index in [1.165, 1.54) is 16.5 Å². The van der Waals surface area contributed by atoms with Crippen LogP contribution in [-0.2, 0) is 18.7 Å². The maximum absolute atomic E-state index is 12.8. The Morgan fingerprint density at radius 2 is 1.59 bits per heavy atom. The van der Waals surface area contributed by atoms with Gasteiger partial charge >= 0.3 is 5.63 Å². The van der Waals surface area contributed by atoms with Crippen molar-refractivity contribution in [1.82, 2.24) is 0 Å². The van der Waals surface area contributed by atoms with Crippen LogP contribution in [0.5, 0.6) is 0 Å². The molecule has 0 saturated carbocycles. The lowest BCUT2D eigenvalue weighted by Gasteiger charge is -2.10. The molecule has 0 aliphatic carbocycles. The highest BCUT2D eigenvalue weighted by molar-refractivity contribution is 7.15. The fourth-order valence-corrected chi connectivity index (χ4v) is 4.29. The normalized spacial score (nSPS) is 11.4. The molecule has 0 aliphatic rings. The summed E-state index contributed by atoms with van der Waals surface area (Å²) in [7, 11) is 5.50. The lowest BCUT2D eigenvalue weighted by molar-refractivity contribution is 0.559. The first-order valence-electron chi connectivity index (χ1n) is 9.16. The van der Waals surface area contributed by atoms with E-state index in [1.54, 1.807) is 0 Å². The van der Waals surface area contributed by atoms with Crippen molar-refractivity contribution in [3.8, 4) is 11.1 Å². The highest BCUT2D eigenvalue weighted by atomic mass is 31.0. The summed E-state index contributed by atoms with van der Waals surface area (Å²) < 4.78 is 5.79. The average Bonchev–Trinajstić information content (AvgIpc) is 2.71. The molecular formula is C23H22O2P2. The van der Waals surface area contributed by atoms with Gasteiger partial charge in [-0.2, -0.15) is 0 Å². The Labute approximate surface area is 163 Å². The number of aryl methyl sites for hydroxylation is 1. The Morgan fingerprint density at radius 1 is 0.852 bits per heavy atom. The summed E-state index contributed by atoms with van der Waals surface area (Å²) in [6.07, 6.45) is 2.63. The van der Waals surface area contributed by atoms with E-state index >= 15 is 0 Å². The second kappa shape index (κ2) is 7.55. The Bertz CT molecular complexity index is 1210. The Morgan fingerprint density at radius 3 is 2.33 bits per heavy atom. The molecule has 2 nitrogen and oxygen atoms in total. The van der Waals surface area contributed by atoms with E-state index in [0.717, 1.165) is 46.2 Å². The molecule has 0 radical (unpaired) electrons. The minimum atomic E-state index is -0.279. The van der Waals surface area contributed by atoms with Gasteiger partial charge in [-0.25, -0.2) is 4.79 Å². The third kappa shape index (κ3) is 3.33. The maximum atomic E-state index is 12.8. The molecular weight excluding hydrogens is 370 g/mol. The van der Waals surface area contributed by atoms with Crippen molar-refractivity contribution < 1.29 is 4.42 Å². The zero-order chi connectivity index (χ0) is 19.0. The molecule has 2 unspecified atom stereocenters. The molecule has 0 spiro atoms. The summed E-state index contributed by atoms with van der Waals surface area (Å²) in [5.74, 6) is 0. The van der Waals surface area contributed by atoms with Crippen molar-refractivity contribution in [1.29, 1.82) is 0 Å². The quantitative estimate of drug-likeness (QED) is 0.318. The van der Waals surface area contributed by atoms with Crippen LogP contribution < -0.4 is 5.63 Å². The van der Waals surface area contributed by atoms with Crippen LogP contribution in [0.15, 0.2) is 63.8 Å². The standard InChI is InChI=1S/C23H22O2P2/c1-2-20-19(13-27)8-7-18-11-21(23(24)25-22(18)20)17-6-5-15-9-14(12-26)3-4-16(15)10-17/h3-11H,2,12-13,26-27H2,1H3. The largest absolute Gasteiger partial charge is 0.422 e. The molecule has 3 aromatic carbocycles. The molecule has 0 fully saturated rings. The van der Waals surface area contributed by atoms with Crippen LogP contribution in [0.1, 0.15) is 23.6 Å². The van der Waals surface area contributed by atoms with Crippen LogP contribution in [-0.4, -0.2) is 0 Å². The van der Waals surface area contributed by atoms with Gasteiger partial charge in [-0.3, -0.25) is 0 Å². The van der Waals surface area contributed by atoms with E-state index in [4.69, 9.17) is 4.42 Å². The van der Waals surface area contributed by atoms with Gasteiger partial charge in [-0.15, -0.1) is 18.5 Å². The third-order valence-electron chi connectivity index (χ3n) is 5.13. The molecule has 4 rings (SSSR count). The Kier molecular flexibility index (Phi) is 5.13. The van der Waals surface area contributed by atoms with Gasteiger partial charge in [0, 0.05) is 5.39 Å². The number of rotatable bonds is 4. The third-order valence-corrected chi connectivity index (χ3v) is 6.04. The predicted molar refractivity (Wildman–Crippen MR) is 122 cm³/mol. The molecule has 0 amide bonds. The highest BCUT2D eigenvalue weighted by Gasteiger charge is 2.13. The average molecular weight is 392 g/mol. The second-order valence-corrected chi connectivity index (χ2v) is 7.54. The molecule has 27 heavy (non-hydrogen) atoms. The van der Waals surface area contributed by atoms with E-state index in [-0.39, 0.29) is 5.63 Å². The number of fused-ring (bicyclic) bond motifs is 2. The number of benzene rings is 3. The van der Waals surface area contributed by atoms with Crippen molar-refractivity contribution in [2.24, 2.45) is 0 Å². The first-order chi connectivity index (χ1) is 13.1. The molecule has 0 bridgehead atoms. The van der Waals surface area contributed by atoms with Gasteiger partial charge in [0.2, 0.25) is 0 Å². The SMILES string of the molecule is CCc1c(CP)ccc2cc(-c3ccc4cc(CP)ccc4c3)c(=O)oc12. The summed E-state index contributed by atoms with van der Waals surface area (Å²) in [4.78, 5) is 12.8. The van der Waals surface area contributed by atoms with E-state index in [0.29, 0.717) is 5.56 Å². The van der Waals surface area contributed by atoms with Gasteiger partial charge in [0.25, 0.3) is 0 Å². The lowest BCUT2D eigenvalue weighted by atomic mass is 9.98. The second-order valence-electron chi connectivity index (χ2n) is 6.73. The first-order valence-corrected chi connectivity index (χ1v) is 10.8. The molecule has 0 saturated heterocycles. The summed E-state index contributed by atoms with van der Waals surface area (Å²) in [5.41, 5.74) is 5.56. The Hall–Kier alpha value is -2.01. The maximum Gasteiger partial charge on any atom is 0.344 e. The van der Waals surface area contributed by atoms with Crippen molar-refractivity contribution in [3.05, 3.63) is 81.7 Å². The number of hydrogen-bond acceptors (Lipinski definition) is 2. The minimum Gasteiger partial charge on any atom is -0.422 e. The van der Waals surface area contributed by atoms with Gasteiger partial charge in [0.05, 0.1) is 5.56 Å². The van der Waals surface area contributed by atoms with Crippen molar-refractivity contribution in [3.63, 3.8) is 0 Å². The fourth-order valence-electron chi connectivity index (χ4n) is 3.65. The molecule has 4 heteroatoms. The monoisotopic (exact) mass is 392 g/mol. The summed E-state index contributed by atoms with van der Waals surface area (Å²) >= 11 is 0. The van der Waals surface area contributed by atoms with Crippen LogP contribution in [0, 0.1) is 0 Å². The van der Waals surface area contributed by atoms with Crippen molar-refractivity contribution in [2.75, 3.05) is 0 Å². The van der Waals surface area contributed by atoms with Gasteiger partial charge < -0.3 is 4.42 Å². The van der Waals surface area contributed by atoms with E-state index in [2.05, 4.69) is 61.8 Å². The van der Waals surface area contributed by atoms with Crippen molar-refractivity contribution >= 4 is 40.2 Å². The lowest BCUT2D eigenvalue weighted by Crippen LogP contribution is -2.04. The summed E-state index contributed by atoms with van der Waals surface area (Å²) in [6.45, 7) is 2.10. The van der Waals surface area contributed by atoms with Crippen LogP contribution in [0.2, 0.25) is 0 Å². The highest BCUT2D eigenvalue weighted by Crippen LogP contribution is 2.29. The summed E-state index contributed by atoms with van der Waals surface area (Å²) in [5, 5.41) is 3.28. The zero-order valence-electron chi connectivity index (χ0n) is 15.3. The predicted octanol–water partition coefficient (Wildman–Crippen LogP) is 5.93. The van der Waals surface area contributed by atoms with Crippen molar-refractivity contribution in [2.45, 2.75) is 25.7 Å². The zero-order valence-corrected chi connectivity index (χ0v) is 17.6. The number of hydrogen-bond donors (Lipinski definition) is 0. The molecule has 0 N–H and O–H groups in total. The molecule has 4 aromatic rings. The van der Waals surface area contributed by atoms with Gasteiger partial charge in [-0.05, 0) is 63.9 Å². The smallest absolute Gasteiger partial charge is 0.344 e. The molecule has 0 aliphatic heterocycles. The minimum absolute atomic E-state index is 0.279. The van der Waals surface area contributed by atoms with Gasteiger partial charge in [0.15, 0.2) is 0 Å². The topological polar surface area (TPSA) is 30.2 Å². The van der Waals surface area contributed by atoms with E-state index in [1.807, 2.05) is 18.2 Å². The van der Waals surface area contributed by atoms with E-state index in [9.17, 15) is 4.79 Å².